The van der Waals surface area contributed by atoms with Crippen molar-refractivity contribution in [3.63, 3.8) is 0 Å². The Hall–Kier alpha value is -2.98. The van der Waals surface area contributed by atoms with E-state index in [0.717, 1.165) is 49.8 Å². The number of hydrogen-bond donors (Lipinski definition) is 0. The Labute approximate surface area is 247 Å². The number of hydrogen-bond acceptors (Lipinski definition) is 14. The maximum Gasteiger partial charge on any atom is 1.00 e. The average Bonchev–Trinajstić information content (AvgIpc) is 3.02. The molecule has 0 fully saturated rings. The minimum atomic E-state index is -1.47. The molecule has 0 saturated heterocycles. The van der Waals surface area contributed by atoms with Gasteiger partial charge in [0, 0.05) is 28.2 Å². The van der Waals surface area contributed by atoms with Crippen molar-refractivity contribution in [2.75, 3.05) is 49.8 Å². The summed E-state index contributed by atoms with van der Waals surface area (Å²) in [5.74, 6) is -11.4. The van der Waals surface area contributed by atoms with Crippen LogP contribution in [0, 0.1) is 5.92 Å². The third kappa shape index (κ3) is 6.22. The molecule has 15 heteroatoms. The Morgan fingerprint density at radius 3 is 0.889 bits per heavy atom. The van der Waals surface area contributed by atoms with Gasteiger partial charge in [0.2, 0.25) is 0 Å². The molecule has 14 nitrogen and oxygen atoms in total. The SMILES string of the molecule is COC(=O)C1=C(C(=O)OC)C(C(=O)OC)=C(C(=O)OC)[C-](C(=O)OC)C(C(=O)OC)=C1C(=O)OC.[K+]. The molecular weight excluding hydrogens is 515 g/mol. The zero-order valence-corrected chi connectivity index (χ0v) is 23.8. The van der Waals surface area contributed by atoms with Gasteiger partial charge < -0.3 is 33.2 Å². The molecule has 0 unspecified atom stereocenters. The molecule has 0 radical (unpaired) electrons. The molecule has 36 heavy (non-hydrogen) atoms. The molecule has 0 aliphatic heterocycles. The van der Waals surface area contributed by atoms with Crippen LogP contribution >= 0.6 is 0 Å². The first-order valence-electron chi connectivity index (χ1n) is 9.22. The van der Waals surface area contributed by atoms with Crippen LogP contribution in [0.25, 0.3) is 0 Å². The van der Waals surface area contributed by atoms with E-state index in [9.17, 15) is 33.6 Å². The number of rotatable bonds is 7. The normalized spacial score (nSPS) is 13.0. The van der Waals surface area contributed by atoms with Gasteiger partial charge in [-0.05, 0) is 11.1 Å². The maximum atomic E-state index is 12.9. The molecule has 0 spiro atoms. The second kappa shape index (κ2) is 14.5. The van der Waals surface area contributed by atoms with Gasteiger partial charge in [-0.3, -0.25) is 24.0 Å². The Morgan fingerprint density at radius 1 is 0.417 bits per heavy atom. The summed E-state index contributed by atoms with van der Waals surface area (Å²) in [6.07, 6.45) is 0. The zero-order valence-electron chi connectivity index (χ0n) is 20.7. The van der Waals surface area contributed by atoms with Crippen molar-refractivity contribution in [1.82, 2.24) is 0 Å². The van der Waals surface area contributed by atoms with E-state index in [0.29, 0.717) is 0 Å². The predicted molar refractivity (Wildman–Crippen MR) is 108 cm³/mol. The fourth-order valence-corrected chi connectivity index (χ4v) is 3.02. The summed E-state index contributed by atoms with van der Waals surface area (Å²) >= 11 is 0. The van der Waals surface area contributed by atoms with Crippen LogP contribution in [0.5, 0.6) is 0 Å². The summed E-state index contributed by atoms with van der Waals surface area (Å²) in [7, 11) is 5.90. The van der Waals surface area contributed by atoms with E-state index in [4.69, 9.17) is 0 Å². The third-order valence-corrected chi connectivity index (χ3v) is 4.48. The van der Waals surface area contributed by atoms with E-state index in [2.05, 4.69) is 33.2 Å². The number of carbonyl (C=O) groups excluding carboxylic acids is 7. The van der Waals surface area contributed by atoms with Crippen LogP contribution in [-0.4, -0.2) is 91.6 Å². The third-order valence-electron chi connectivity index (χ3n) is 4.48. The van der Waals surface area contributed by atoms with Crippen molar-refractivity contribution in [3.8, 4) is 0 Å². The fraction of sp³-hybridized carbons (Fsp3) is 0.333. The van der Waals surface area contributed by atoms with Gasteiger partial charge in [-0.2, -0.15) is 0 Å². The molecule has 0 aromatic rings. The van der Waals surface area contributed by atoms with E-state index >= 15 is 0 Å². The molecule has 190 valence electrons. The summed E-state index contributed by atoms with van der Waals surface area (Å²) in [5, 5.41) is 0. The molecule has 0 atom stereocenters. The topological polar surface area (TPSA) is 184 Å². The number of esters is 7. The Morgan fingerprint density at radius 2 is 0.667 bits per heavy atom. The van der Waals surface area contributed by atoms with Gasteiger partial charge in [-0.15, -0.1) is 0 Å². The van der Waals surface area contributed by atoms with Crippen molar-refractivity contribution >= 4 is 41.8 Å². The molecule has 0 amide bonds. The van der Waals surface area contributed by atoms with Crippen molar-refractivity contribution in [2.24, 2.45) is 0 Å². The van der Waals surface area contributed by atoms with Crippen molar-refractivity contribution in [1.29, 1.82) is 0 Å². The summed E-state index contributed by atoms with van der Waals surface area (Å²) in [6.45, 7) is 0. The number of methoxy groups -OCH3 is 7. The summed E-state index contributed by atoms with van der Waals surface area (Å²) in [6, 6.07) is 0. The Bertz CT molecular complexity index is 1000. The van der Waals surface area contributed by atoms with Crippen molar-refractivity contribution < 1.29 is 118 Å². The van der Waals surface area contributed by atoms with Crippen LogP contribution in [0.2, 0.25) is 0 Å². The Kier molecular flexibility index (Phi) is 13.3. The van der Waals surface area contributed by atoms with Crippen LogP contribution in [0.4, 0.5) is 0 Å². The van der Waals surface area contributed by atoms with E-state index in [1.807, 2.05) is 0 Å². The van der Waals surface area contributed by atoms with Crippen molar-refractivity contribution in [2.45, 2.75) is 0 Å². The minimum absolute atomic E-state index is 0. The van der Waals surface area contributed by atoms with Gasteiger partial charge in [0.1, 0.15) is 0 Å². The monoisotopic (exact) mass is 536 g/mol. The Balaban J connectivity index is 0.0000122. The molecule has 0 heterocycles. The largest absolute Gasteiger partial charge is 1.00 e. The fourth-order valence-electron chi connectivity index (χ4n) is 3.02. The van der Waals surface area contributed by atoms with Gasteiger partial charge in [0.05, 0.1) is 49.8 Å². The summed E-state index contributed by atoms with van der Waals surface area (Å²) in [5.41, 5.74) is -6.46. The quantitative estimate of drug-likeness (QED) is 0.132. The molecule has 0 aromatic carbocycles. The van der Waals surface area contributed by atoms with E-state index in [1.165, 1.54) is 0 Å². The molecular formula is C21H21KO14. The molecule has 0 N–H and O–H groups in total. The maximum absolute atomic E-state index is 12.9. The minimum Gasteiger partial charge on any atom is -0.500 e. The molecule has 1 aliphatic rings. The van der Waals surface area contributed by atoms with E-state index in [-0.39, 0.29) is 51.4 Å². The smallest absolute Gasteiger partial charge is 0.500 e. The van der Waals surface area contributed by atoms with Crippen LogP contribution in [0.3, 0.4) is 0 Å². The summed E-state index contributed by atoms with van der Waals surface area (Å²) < 4.78 is 32.5. The van der Waals surface area contributed by atoms with Gasteiger partial charge in [0.25, 0.3) is 11.9 Å². The summed E-state index contributed by atoms with van der Waals surface area (Å²) in [4.78, 5) is 90.2. The van der Waals surface area contributed by atoms with Crippen LogP contribution in [0.1, 0.15) is 0 Å². The van der Waals surface area contributed by atoms with Gasteiger partial charge >= 0.3 is 81.2 Å². The second-order valence-electron chi connectivity index (χ2n) is 6.07. The first-order chi connectivity index (χ1) is 16.5. The average molecular weight is 536 g/mol. The second-order valence-corrected chi connectivity index (χ2v) is 6.07. The van der Waals surface area contributed by atoms with Gasteiger partial charge in [-0.1, -0.05) is 0 Å². The van der Waals surface area contributed by atoms with E-state index in [1.54, 1.807) is 0 Å². The van der Waals surface area contributed by atoms with Crippen LogP contribution in [-0.2, 0) is 66.7 Å². The first kappa shape index (κ1) is 33.0. The van der Waals surface area contributed by atoms with Crippen molar-refractivity contribution in [3.05, 3.63) is 39.4 Å². The van der Waals surface area contributed by atoms with Gasteiger partial charge in [-0.25, -0.2) is 9.59 Å². The molecule has 1 aliphatic carbocycles. The van der Waals surface area contributed by atoms with Gasteiger partial charge in [0.15, 0.2) is 0 Å². The first-order valence-corrected chi connectivity index (χ1v) is 9.22. The van der Waals surface area contributed by atoms with Crippen LogP contribution in [0.15, 0.2) is 33.4 Å². The molecule has 1 rings (SSSR count). The number of ether oxygens (including phenoxy) is 7. The molecule has 0 bridgehead atoms. The van der Waals surface area contributed by atoms with E-state index < -0.39 is 81.1 Å². The standard InChI is InChI=1S/C21H21O14.K/c1-29-15(22)8-9(16(23)30-2)11(18(25)32-4)13(20(27)34-6)14(21(28)35-7)12(19(26)33-5)10(8)17(24)31-3;/h1-7H3;/q-1;+1. The number of carbonyl (C=O) groups is 7. The molecule has 0 saturated carbocycles. The zero-order chi connectivity index (χ0) is 27.0. The molecule has 0 aromatic heterocycles. The van der Waals surface area contributed by atoms with Crippen LogP contribution < -0.4 is 51.4 Å². The predicted octanol–water partition coefficient (Wildman–Crippen LogP) is -4.32.